The molecule has 2 unspecified atom stereocenters. The highest BCUT2D eigenvalue weighted by molar-refractivity contribution is 5.44. The number of aromatic hydroxyl groups is 2. The van der Waals surface area contributed by atoms with Crippen LogP contribution in [0.25, 0.3) is 0 Å². The summed E-state index contributed by atoms with van der Waals surface area (Å²) in [6, 6.07) is 20.3. The minimum atomic E-state index is 0.253. The van der Waals surface area contributed by atoms with E-state index in [0.717, 1.165) is 11.1 Å². The average Bonchev–Trinajstić information content (AvgIpc) is 2.65. The lowest BCUT2D eigenvalue weighted by Gasteiger charge is -2.18. The van der Waals surface area contributed by atoms with Crippen LogP contribution in [-0.2, 0) is 0 Å². The van der Waals surface area contributed by atoms with Crippen molar-refractivity contribution >= 4 is 0 Å². The Morgan fingerprint density at radius 2 is 0.962 bits per heavy atom. The van der Waals surface area contributed by atoms with E-state index in [1.54, 1.807) is 12.1 Å². The molecule has 3 rings (SSSR count). The van der Waals surface area contributed by atoms with Crippen LogP contribution in [0.4, 0.5) is 0 Å². The van der Waals surface area contributed by atoms with Gasteiger partial charge in [-0.2, -0.15) is 0 Å². The summed E-state index contributed by atoms with van der Waals surface area (Å²) in [6.07, 6.45) is 0. The molecule has 0 fully saturated rings. The second kappa shape index (κ2) is 7.25. The Hall–Kier alpha value is -2.74. The molecule has 0 spiro atoms. The summed E-state index contributed by atoms with van der Waals surface area (Å²) in [4.78, 5) is 0. The molecular weight excluding hydrogens is 320 g/mol. The minimum Gasteiger partial charge on any atom is -0.508 e. The number of rotatable bonds is 4. The van der Waals surface area contributed by atoms with Crippen molar-refractivity contribution in [2.45, 2.75) is 39.5 Å². The highest BCUT2D eigenvalue weighted by Gasteiger charge is 2.14. The second-order valence-corrected chi connectivity index (χ2v) is 7.21. The molecule has 0 aliphatic carbocycles. The first-order chi connectivity index (χ1) is 12.4. The summed E-state index contributed by atoms with van der Waals surface area (Å²) in [5.74, 6) is 1.18. The van der Waals surface area contributed by atoms with Crippen molar-refractivity contribution in [1.82, 2.24) is 0 Å². The molecule has 0 saturated heterocycles. The van der Waals surface area contributed by atoms with Crippen LogP contribution in [-0.4, -0.2) is 10.2 Å². The largest absolute Gasteiger partial charge is 0.508 e. The molecule has 0 aliphatic rings. The molecule has 2 atom stereocenters. The van der Waals surface area contributed by atoms with Crippen LogP contribution < -0.4 is 0 Å². The summed E-state index contributed by atoms with van der Waals surface area (Å²) < 4.78 is 0. The SMILES string of the molecule is Cc1cc(C(C)c2cccc(C(C)c3ccc(O)c(C)c3)c2)ccc1O. The molecule has 0 aliphatic heterocycles. The maximum Gasteiger partial charge on any atom is 0.118 e. The zero-order valence-corrected chi connectivity index (χ0v) is 15.8. The molecule has 26 heavy (non-hydrogen) atoms. The number of phenols is 2. The maximum absolute atomic E-state index is 9.76. The monoisotopic (exact) mass is 346 g/mol. The van der Waals surface area contributed by atoms with Crippen molar-refractivity contribution in [3.63, 3.8) is 0 Å². The van der Waals surface area contributed by atoms with Crippen LogP contribution in [0.5, 0.6) is 11.5 Å². The number of phenolic OH excluding ortho intramolecular Hbond substituents is 2. The van der Waals surface area contributed by atoms with Gasteiger partial charge in [0.15, 0.2) is 0 Å². The molecule has 0 heterocycles. The van der Waals surface area contributed by atoms with Gasteiger partial charge in [0.25, 0.3) is 0 Å². The first-order valence-corrected chi connectivity index (χ1v) is 9.05. The minimum absolute atomic E-state index is 0.253. The Labute approximate surface area is 155 Å². The number of benzene rings is 3. The Morgan fingerprint density at radius 1 is 0.577 bits per heavy atom. The molecule has 0 radical (unpaired) electrons. The van der Waals surface area contributed by atoms with Gasteiger partial charge in [-0.05, 0) is 59.4 Å². The molecule has 0 bridgehead atoms. The summed E-state index contributed by atoms with van der Waals surface area (Å²) in [7, 11) is 0. The van der Waals surface area contributed by atoms with E-state index in [4.69, 9.17) is 0 Å². The van der Waals surface area contributed by atoms with E-state index in [-0.39, 0.29) is 11.8 Å². The first-order valence-electron chi connectivity index (χ1n) is 9.05. The Balaban J connectivity index is 1.91. The van der Waals surface area contributed by atoms with Crippen LogP contribution in [0, 0.1) is 13.8 Å². The topological polar surface area (TPSA) is 40.5 Å². The number of hydrogen-bond acceptors (Lipinski definition) is 2. The van der Waals surface area contributed by atoms with Crippen molar-refractivity contribution in [3.8, 4) is 11.5 Å². The predicted octanol–water partition coefficient (Wildman–Crippen LogP) is 6.02. The van der Waals surface area contributed by atoms with Gasteiger partial charge in [-0.15, -0.1) is 0 Å². The van der Waals surface area contributed by atoms with Crippen LogP contribution in [0.1, 0.15) is 59.1 Å². The average molecular weight is 346 g/mol. The van der Waals surface area contributed by atoms with Crippen LogP contribution in [0.2, 0.25) is 0 Å². The van der Waals surface area contributed by atoms with E-state index < -0.39 is 0 Å². The van der Waals surface area contributed by atoms with E-state index in [2.05, 4.69) is 50.2 Å². The molecule has 0 aromatic heterocycles. The van der Waals surface area contributed by atoms with Crippen molar-refractivity contribution in [2.75, 3.05) is 0 Å². The van der Waals surface area contributed by atoms with Gasteiger partial charge >= 0.3 is 0 Å². The molecule has 3 aromatic carbocycles. The summed E-state index contributed by atoms with van der Waals surface area (Å²) in [6.45, 7) is 8.25. The predicted molar refractivity (Wildman–Crippen MR) is 107 cm³/mol. The number of hydrogen-bond donors (Lipinski definition) is 2. The summed E-state index contributed by atoms with van der Waals surface area (Å²) in [5, 5.41) is 19.5. The zero-order valence-electron chi connectivity index (χ0n) is 15.8. The van der Waals surface area contributed by atoms with Crippen LogP contribution in [0.15, 0.2) is 60.7 Å². The summed E-state index contributed by atoms with van der Waals surface area (Å²) in [5.41, 5.74) is 6.72. The standard InChI is InChI=1S/C24H26O2/c1-15-12-21(8-10-23(15)25)17(3)19-6-5-7-20(14-19)18(4)22-9-11-24(26)16(2)13-22/h5-14,17-18,25-26H,1-4H3. The van der Waals surface area contributed by atoms with Crippen molar-refractivity contribution in [3.05, 3.63) is 94.0 Å². The highest BCUT2D eigenvalue weighted by atomic mass is 16.3. The molecule has 0 amide bonds. The van der Waals surface area contributed by atoms with Gasteiger partial charge in [-0.25, -0.2) is 0 Å². The Morgan fingerprint density at radius 3 is 1.35 bits per heavy atom. The van der Waals surface area contributed by atoms with E-state index in [1.807, 2.05) is 26.0 Å². The third-order valence-electron chi connectivity index (χ3n) is 5.35. The Kier molecular flexibility index (Phi) is 5.03. The highest BCUT2D eigenvalue weighted by Crippen LogP contribution is 2.32. The molecule has 0 saturated carbocycles. The van der Waals surface area contributed by atoms with Gasteiger partial charge in [0, 0.05) is 11.8 Å². The van der Waals surface area contributed by atoms with E-state index in [0.29, 0.717) is 11.5 Å². The normalized spacial score (nSPS) is 13.4. The lowest BCUT2D eigenvalue weighted by atomic mass is 9.87. The lowest BCUT2D eigenvalue weighted by molar-refractivity contribution is 0.470. The van der Waals surface area contributed by atoms with E-state index in [9.17, 15) is 10.2 Å². The summed E-state index contributed by atoms with van der Waals surface area (Å²) >= 11 is 0. The third kappa shape index (κ3) is 3.60. The van der Waals surface area contributed by atoms with Gasteiger partial charge in [0.05, 0.1) is 0 Å². The molecule has 2 nitrogen and oxygen atoms in total. The zero-order chi connectivity index (χ0) is 18.8. The van der Waals surface area contributed by atoms with Gasteiger partial charge in [0.1, 0.15) is 11.5 Å². The fourth-order valence-electron chi connectivity index (χ4n) is 3.38. The van der Waals surface area contributed by atoms with Crippen LogP contribution in [0.3, 0.4) is 0 Å². The fraction of sp³-hybridized carbons (Fsp3) is 0.250. The molecule has 134 valence electrons. The Bertz CT molecular complexity index is 854. The van der Waals surface area contributed by atoms with Crippen molar-refractivity contribution < 1.29 is 10.2 Å². The quantitative estimate of drug-likeness (QED) is 0.606. The molecule has 3 aromatic rings. The van der Waals surface area contributed by atoms with Crippen LogP contribution >= 0.6 is 0 Å². The smallest absolute Gasteiger partial charge is 0.118 e. The van der Waals surface area contributed by atoms with Gasteiger partial charge < -0.3 is 10.2 Å². The molecular formula is C24H26O2. The molecule has 2 N–H and O–H groups in total. The van der Waals surface area contributed by atoms with E-state index in [1.165, 1.54) is 22.3 Å². The number of aryl methyl sites for hydroxylation is 2. The second-order valence-electron chi connectivity index (χ2n) is 7.21. The maximum atomic E-state index is 9.76. The fourth-order valence-corrected chi connectivity index (χ4v) is 3.38. The van der Waals surface area contributed by atoms with E-state index >= 15 is 0 Å². The third-order valence-corrected chi connectivity index (χ3v) is 5.35. The lowest BCUT2D eigenvalue weighted by Crippen LogP contribution is -2.01. The van der Waals surface area contributed by atoms with Gasteiger partial charge in [-0.1, -0.05) is 62.4 Å². The van der Waals surface area contributed by atoms with Crippen molar-refractivity contribution in [2.24, 2.45) is 0 Å². The van der Waals surface area contributed by atoms with Crippen molar-refractivity contribution in [1.29, 1.82) is 0 Å². The molecule has 2 heteroatoms. The van der Waals surface area contributed by atoms with Gasteiger partial charge in [-0.3, -0.25) is 0 Å². The van der Waals surface area contributed by atoms with Gasteiger partial charge in [0.2, 0.25) is 0 Å². The first kappa shape index (κ1) is 18.1.